The van der Waals surface area contributed by atoms with Gasteiger partial charge in [-0.05, 0) is 17.7 Å². The van der Waals surface area contributed by atoms with E-state index in [0.29, 0.717) is 0 Å². The minimum atomic E-state index is -0.766. The van der Waals surface area contributed by atoms with Crippen LogP contribution in [0.4, 0.5) is 0 Å². The molecule has 82 valence electrons. The van der Waals surface area contributed by atoms with Crippen molar-refractivity contribution in [1.29, 1.82) is 0 Å². The van der Waals surface area contributed by atoms with Crippen LogP contribution < -0.4 is 5.73 Å². The Morgan fingerprint density at radius 2 is 2.12 bits per heavy atom. The molecule has 4 heteroatoms. The molecule has 1 heterocycles. The summed E-state index contributed by atoms with van der Waals surface area (Å²) >= 11 is 0. The molecule has 16 heavy (non-hydrogen) atoms. The van der Waals surface area contributed by atoms with Crippen molar-refractivity contribution in [2.75, 3.05) is 7.11 Å². The molecule has 0 bridgehead atoms. The highest BCUT2D eigenvalue weighted by Crippen LogP contribution is 2.21. The fourth-order valence-corrected chi connectivity index (χ4v) is 1.64. The average Bonchev–Trinajstić information content (AvgIpc) is 2.36. The van der Waals surface area contributed by atoms with Crippen molar-refractivity contribution < 1.29 is 9.53 Å². The third kappa shape index (κ3) is 1.75. The van der Waals surface area contributed by atoms with Gasteiger partial charge in [0.15, 0.2) is 0 Å². The van der Waals surface area contributed by atoms with Crippen molar-refractivity contribution in [3.8, 4) is 0 Å². The number of ether oxygens (including phenoxy) is 1. The summed E-state index contributed by atoms with van der Waals surface area (Å²) in [7, 11) is 1.32. The number of rotatable bonds is 2. The molecule has 0 radical (unpaired) electrons. The summed E-state index contributed by atoms with van der Waals surface area (Å²) in [6.07, 6.45) is 1.64. The predicted octanol–water partition coefficient (Wildman–Crippen LogP) is 1.41. The zero-order chi connectivity index (χ0) is 11.5. The van der Waals surface area contributed by atoms with E-state index in [0.717, 1.165) is 16.5 Å². The number of nitrogens with two attached hydrogens (primary N) is 1. The van der Waals surface area contributed by atoms with E-state index in [2.05, 4.69) is 9.72 Å². The number of para-hydroxylation sites is 1. The van der Waals surface area contributed by atoms with Gasteiger partial charge >= 0.3 is 5.97 Å². The molecule has 1 aromatic carbocycles. The molecule has 2 N–H and O–H groups in total. The largest absolute Gasteiger partial charge is 0.468 e. The number of aromatic nitrogens is 1. The van der Waals surface area contributed by atoms with Crippen molar-refractivity contribution in [3.05, 3.63) is 42.1 Å². The SMILES string of the molecule is COC(=O)[C@@H](N)c1ccnc2ccccc12. The Labute approximate surface area is 93.0 Å². The maximum absolute atomic E-state index is 11.4. The lowest BCUT2D eigenvalue weighted by Crippen LogP contribution is -2.22. The number of carbonyl (C=O) groups is 1. The van der Waals surface area contributed by atoms with Gasteiger partial charge in [-0.25, -0.2) is 0 Å². The number of benzene rings is 1. The smallest absolute Gasteiger partial charge is 0.327 e. The fourth-order valence-electron chi connectivity index (χ4n) is 1.64. The molecule has 0 fully saturated rings. The first kappa shape index (κ1) is 10.6. The Morgan fingerprint density at radius 1 is 1.38 bits per heavy atom. The monoisotopic (exact) mass is 216 g/mol. The molecule has 2 rings (SSSR count). The van der Waals surface area contributed by atoms with Crippen LogP contribution in [0.25, 0.3) is 10.9 Å². The quantitative estimate of drug-likeness (QED) is 0.771. The van der Waals surface area contributed by atoms with E-state index in [1.165, 1.54) is 7.11 Å². The molecule has 1 aromatic heterocycles. The summed E-state index contributed by atoms with van der Waals surface area (Å²) in [4.78, 5) is 15.6. The van der Waals surface area contributed by atoms with E-state index in [9.17, 15) is 4.79 Å². The van der Waals surface area contributed by atoms with Crippen LogP contribution in [0.1, 0.15) is 11.6 Å². The van der Waals surface area contributed by atoms with Gasteiger partial charge in [-0.2, -0.15) is 0 Å². The molecule has 0 aliphatic rings. The molecule has 0 saturated carbocycles. The van der Waals surface area contributed by atoms with Gasteiger partial charge in [-0.3, -0.25) is 9.78 Å². The van der Waals surface area contributed by atoms with E-state index in [1.807, 2.05) is 24.3 Å². The molecule has 4 nitrogen and oxygen atoms in total. The first-order valence-electron chi connectivity index (χ1n) is 4.91. The van der Waals surface area contributed by atoms with Gasteiger partial charge in [-0.15, -0.1) is 0 Å². The van der Waals surface area contributed by atoms with E-state index in [4.69, 9.17) is 5.73 Å². The predicted molar refractivity (Wildman–Crippen MR) is 60.7 cm³/mol. The molecule has 0 saturated heterocycles. The Balaban J connectivity index is 2.56. The molecule has 0 aliphatic carbocycles. The number of pyridine rings is 1. The van der Waals surface area contributed by atoms with Crippen molar-refractivity contribution >= 4 is 16.9 Å². The number of methoxy groups -OCH3 is 1. The lowest BCUT2D eigenvalue weighted by molar-refractivity contribution is -0.142. The first-order chi connectivity index (χ1) is 7.74. The zero-order valence-corrected chi connectivity index (χ0v) is 8.88. The van der Waals surface area contributed by atoms with Crippen molar-refractivity contribution in [1.82, 2.24) is 4.98 Å². The Kier molecular flexibility index (Phi) is 2.83. The molecule has 2 aromatic rings. The number of nitrogens with zero attached hydrogens (tertiary/aromatic N) is 1. The van der Waals surface area contributed by atoms with Crippen molar-refractivity contribution in [2.24, 2.45) is 5.73 Å². The summed E-state index contributed by atoms with van der Waals surface area (Å²) < 4.78 is 4.63. The van der Waals surface area contributed by atoms with Gasteiger partial charge in [0.05, 0.1) is 12.6 Å². The Morgan fingerprint density at radius 3 is 2.88 bits per heavy atom. The second-order valence-corrected chi connectivity index (χ2v) is 3.42. The molecule has 0 spiro atoms. The summed E-state index contributed by atoms with van der Waals surface area (Å²) in [6, 6.07) is 8.52. The van der Waals surface area contributed by atoms with E-state index in [1.54, 1.807) is 12.3 Å². The van der Waals surface area contributed by atoms with Gasteiger partial charge in [0, 0.05) is 11.6 Å². The highest BCUT2D eigenvalue weighted by molar-refractivity contribution is 5.88. The van der Waals surface area contributed by atoms with Gasteiger partial charge in [-0.1, -0.05) is 18.2 Å². The number of hydrogen-bond acceptors (Lipinski definition) is 4. The van der Waals surface area contributed by atoms with Crippen molar-refractivity contribution in [3.63, 3.8) is 0 Å². The van der Waals surface area contributed by atoms with Crippen LogP contribution >= 0.6 is 0 Å². The zero-order valence-electron chi connectivity index (χ0n) is 8.88. The van der Waals surface area contributed by atoms with E-state index >= 15 is 0 Å². The minimum Gasteiger partial charge on any atom is -0.468 e. The summed E-state index contributed by atoms with van der Waals surface area (Å²) in [5.41, 5.74) is 7.37. The lowest BCUT2D eigenvalue weighted by Gasteiger charge is -2.11. The molecule has 0 unspecified atom stereocenters. The molecule has 0 amide bonds. The minimum absolute atomic E-state index is 0.448. The molecular weight excluding hydrogens is 204 g/mol. The van der Waals surface area contributed by atoms with E-state index < -0.39 is 12.0 Å². The lowest BCUT2D eigenvalue weighted by atomic mass is 10.0. The van der Waals surface area contributed by atoms with Gasteiger partial charge in [0.1, 0.15) is 6.04 Å². The number of fused-ring (bicyclic) bond motifs is 1. The molecule has 1 atom stereocenters. The Hall–Kier alpha value is -1.94. The van der Waals surface area contributed by atoms with Crippen LogP contribution in [0.15, 0.2) is 36.5 Å². The summed E-state index contributed by atoms with van der Waals surface area (Å²) in [6.45, 7) is 0. The van der Waals surface area contributed by atoms with Gasteiger partial charge in [0.2, 0.25) is 0 Å². The highest BCUT2D eigenvalue weighted by Gasteiger charge is 2.18. The highest BCUT2D eigenvalue weighted by atomic mass is 16.5. The normalized spacial score (nSPS) is 12.4. The maximum atomic E-state index is 11.4. The first-order valence-corrected chi connectivity index (χ1v) is 4.91. The average molecular weight is 216 g/mol. The number of esters is 1. The standard InChI is InChI=1S/C12H12N2O2/c1-16-12(15)11(13)9-6-7-14-10-5-3-2-4-8(9)10/h2-7,11H,13H2,1H3/t11-/m0/s1. The van der Waals surface area contributed by atoms with Crippen molar-refractivity contribution in [2.45, 2.75) is 6.04 Å². The Bertz CT molecular complexity index is 520. The van der Waals surface area contributed by atoms with Crippen LogP contribution in [0.5, 0.6) is 0 Å². The second-order valence-electron chi connectivity index (χ2n) is 3.42. The molecular formula is C12H12N2O2. The van der Waals surface area contributed by atoms with Crippen LogP contribution in [0.2, 0.25) is 0 Å². The van der Waals surface area contributed by atoms with Crippen LogP contribution in [0, 0.1) is 0 Å². The second kappa shape index (κ2) is 4.28. The third-order valence-electron chi connectivity index (χ3n) is 2.47. The van der Waals surface area contributed by atoms with Crippen LogP contribution in [-0.4, -0.2) is 18.1 Å². The topological polar surface area (TPSA) is 65.2 Å². The summed E-state index contributed by atoms with van der Waals surface area (Å²) in [5.74, 6) is -0.448. The van der Waals surface area contributed by atoms with Crippen LogP contribution in [-0.2, 0) is 9.53 Å². The van der Waals surface area contributed by atoms with Gasteiger partial charge in [0.25, 0.3) is 0 Å². The number of carbonyl (C=O) groups excluding carboxylic acids is 1. The number of hydrogen-bond donors (Lipinski definition) is 1. The summed E-state index contributed by atoms with van der Waals surface area (Å²) in [5, 5.41) is 0.878. The fraction of sp³-hybridized carbons (Fsp3) is 0.167. The third-order valence-corrected chi connectivity index (χ3v) is 2.47. The molecule has 0 aliphatic heterocycles. The maximum Gasteiger partial charge on any atom is 0.327 e. The van der Waals surface area contributed by atoms with Gasteiger partial charge < -0.3 is 10.5 Å². The van der Waals surface area contributed by atoms with Crippen LogP contribution in [0.3, 0.4) is 0 Å². The van der Waals surface area contributed by atoms with E-state index in [-0.39, 0.29) is 0 Å².